The zero-order valence-corrected chi connectivity index (χ0v) is 4.07. The van der Waals surface area contributed by atoms with Crippen molar-refractivity contribution < 1.29 is 27.4 Å². The highest BCUT2D eigenvalue weighted by Crippen LogP contribution is 2.23. The third kappa shape index (κ3) is 7.64. The molecule has 0 heterocycles. The fourth-order valence-corrected chi connectivity index (χ4v) is 0.177. The third-order valence-corrected chi connectivity index (χ3v) is 0.272. The van der Waals surface area contributed by atoms with Gasteiger partial charge in [0.15, 0.2) is 0 Å². The largest absolute Gasteiger partial charge is 0.527 e. The maximum atomic E-state index is 11.4. The highest BCUT2D eigenvalue weighted by molar-refractivity contribution is 4.52. The normalized spacial score (nSPS) is 19.3. The Morgan fingerprint density at radius 1 is 1.22 bits per heavy atom. The van der Waals surface area contributed by atoms with E-state index < -0.39 is 12.4 Å². The van der Waals surface area contributed by atoms with Crippen molar-refractivity contribution >= 4 is 0 Å². The van der Waals surface area contributed by atoms with E-state index in [9.17, 15) is 17.6 Å². The van der Waals surface area contributed by atoms with Gasteiger partial charge in [0, 0.05) is 6.92 Å². The first-order valence-electron chi connectivity index (χ1n) is 1.74. The second-order valence-electron chi connectivity index (χ2n) is 1.24. The Balaban J connectivity index is 3.75. The lowest BCUT2D eigenvalue weighted by Gasteiger charge is -2.14. The molecule has 1 unspecified atom stereocenters. The van der Waals surface area contributed by atoms with Crippen LogP contribution in [-0.4, -0.2) is 17.5 Å². The summed E-state index contributed by atoms with van der Waals surface area (Å²) in [5.74, 6) is 0. The van der Waals surface area contributed by atoms with Gasteiger partial charge in [0.05, 0.1) is 0 Å². The molecule has 0 aliphatic heterocycles. The van der Waals surface area contributed by atoms with Gasteiger partial charge < -0.3 is 5.11 Å². The summed E-state index contributed by atoms with van der Waals surface area (Å²) in [4.78, 5) is 0. The summed E-state index contributed by atoms with van der Waals surface area (Å²) in [7, 11) is 0. The molecule has 0 fully saturated rings. The predicted molar refractivity (Wildman–Crippen MR) is 18.6 cm³/mol. The van der Waals surface area contributed by atoms with Crippen LogP contribution in [0.25, 0.3) is 0 Å². The van der Waals surface area contributed by atoms with Gasteiger partial charge in [-0.3, -0.25) is 0 Å². The van der Waals surface area contributed by atoms with E-state index in [1.54, 1.807) is 0 Å². The van der Waals surface area contributed by atoms with Gasteiger partial charge in [-0.1, -0.05) is 0 Å². The quantitative estimate of drug-likeness (QED) is 0.442. The SMILES string of the molecule is [CH2]C(O)(F)OC(F)(F)F. The average Bonchev–Trinajstić information content (AvgIpc) is 1.14. The van der Waals surface area contributed by atoms with Crippen LogP contribution in [0, 0.1) is 6.92 Å². The van der Waals surface area contributed by atoms with E-state index in [0.29, 0.717) is 0 Å². The number of ether oxygens (including phenoxy) is 1. The summed E-state index contributed by atoms with van der Waals surface area (Å²) in [6, 6.07) is -3.89. The van der Waals surface area contributed by atoms with E-state index in [-0.39, 0.29) is 0 Å². The molecule has 1 atom stereocenters. The van der Waals surface area contributed by atoms with Crippen LogP contribution in [0.1, 0.15) is 0 Å². The highest BCUT2D eigenvalue weighted by Gasteiger charge is 2.39. The molecular weight excluding hydrogens is 144 g/mol. The second kappa shape index (κ2) is 2.11. The Bertz CT molecular complexity index is 79.0. The molecule has 0 aliphatic rings. The van der Waals surface area contributed by atoms with Gasteiger partial charge >= 0.3 is 12.4 Å². The van der Waals surface area contributed by atoms with Gasteiger partial charge in [0.2, 0.25) is 0 Å². The molecule has 2 nitrogen and oxygen atoms in total. The van der Waals surface area contributed by atoms with Gasteiger partial charge in [0.1, 0.15) is 0 Å². The smallest absolute Gasteiger partial charge is 0.340 e. The van der Waals surface area contributed by atoms with Crippen molar-refractivity contribution in [2.24, 2.45) is 0 Å². The standard InChI is InChI=1S/C3H3F4O2/c1-2(4,8)9-3(5,6)7/h8H,1H2. The Kier molecular flexibility index (Phi) is 2.02. The Labute approximate surface area is 48.0 Å². The summed E-state index contributed by atoms with van der Waals surface area (Å²) in [5, 5.41) is 7.63. The molecular formula is C3H3F4O2. The third-order valence-electron chi connectivity index (χ3n) is 0.272. The topological polar surface area (TPSA) is 29.5 Å². The molecule has 0 aromatic heterocycles. The fourth-order valence-electron chi connectivity index (χ4n) is 0.177. The summed E-state index contributed by atoms with van der Waals surface area (Å²) in [6.45, 7) is 2.00. The zero-order valence-electron chi connectivity index (χ0n) is 4.07. The number of halogens is 4. The molecule has 0 saturated carbocycles. The van der Waals surface area contributed by atoms with Crippen LogP contribution >= 0.6 is 0 Å². The van der Waals surface area contributed by atoms with Crippen LogP contribution < -0.4 is 0 Å². The van der Waals surface area contributed by atoms with E-state index >= 15 is 0 Å². The van der Waals surface area contributed by atoms with Crippen molar-refractivity contribution in [3.63, 3.8) is 0 Å². The molecule has 6 heteroatoms. The van der Waals surface area contributed by atoms with Gasteiger partial charge in [-0.15, -0.1) is 13.2 Å². The van der Waals surface area contributed by atoms with Crippen LogP contribution in [0.3, 0.4) is 0 Å². The van der Waals surface area contributed by atoms with Crippen LogP contribution in [0.15, 0.2) is 0 Å². The minimum absolute atomic E-state index is 2.00. The maximum absolute atomic E-state index is 11.4. The van der Waals surface area contributed by atoms with Crippen molar-refractivity contribution in [3.05, 3.63) is 6.92 Å². The highest BCUT2D eigenvalue weighted by atomic mass is 19.4. The Hall–Kier alpha value is -0.360. The van der Waals surface area contributed by atoms with E-state index in [4.69, 9.17) is 5.11 Å². The minimum atomic E-state index is -5.20. The van der Waals surface area contributed by atoms with Crippen LogP contribution in [0.4, 0.5) is 17.6 Å². The number of aliphatic hydroxyl groups is 1. The van der Waals surface area contributed by atoms with Crippen LogP contribution in [0.5, 0.6) is 0 Å². The first kappa shape index (κ1) is 8.64. The molecule has 0 aromatic carbocycles. The van der Waals surface area contributed by atoms with Gasteiger partial charge in [-0.25, -0.2) is 4.74 Å². The fraction of sp³-hybridized carbons (Fsp3) is 0.667. The average molecular weight is 147 g/mol. The summed E-state index contributed by atoms with van der Waals surface area (Å²) >= 11 is 0. The molecule has 0 rings (SSSR count). The Morgan fingerprint density at radius 3 is 1.56 bits per heavy atom. The van der Waals surface area contributed by atoms with Crippen LogP contribution in [0.2, 0.25) is 0 Å². The van der Waals surface area contributed by atoms with E-state index in [2.05, 4.69) is 4.74 Å². The van der Waals surface area contributed by atoms with Gasteiger partial charge in [-0.05, 0) is 0 Å². The first-order valence-corrected chi connectivity index (χ1v) is 1.74. The number of rotatable bonds is 1. The first-order chi connectivity index (χ1) is 3.71. The summed E-state index contributed by atoms with van der Waals surface area (Å²) in [5.41, 5.74) is 0. The second-order valence-corrected chi connectivity index (χ2v) is 1.24. The van der Waals surface area contributed by atoms with Crippen molar-refractivity contribution in [1.82, 2.24) is 0 Å². The number of hydrogen-bond donors (Lipinski definition) is 1. The molecule has 1 radical (unpaired) electrons. The monoisotopic (exact) mass is 147 g/mol. The summed E-state index contributed by atoms with van der Waals surface area (Å²) < 4.78 is 46.5. The maximum Gasteiger partial charge on any atom is 0.527 e. The van der Waals surface area contributed by atoms with Gasteiger partial charge in [-0.2, -0.15) is 4.39 Å². The molecule has 0 amide bonds. The molecule has 0 aliphatic carbocycles. The zero-order chi connectivity index (χ0) is 7.71. The lowest BCUT2D eigenvalue weighted by molar-refractivity contribution is -0.429. The molecule has 55 valence electrons. The van der Waals surface area contributed by atoms with E-state index in [1.807, 2.05) is 6.92 Å². The molecule has 9 heavy (non-hydrogen) atoms. The Morgan fingerprint density at radius 2 is 1.56 bits per heavy atom. The van der Waals surface area contributed by atoms with Crippen molar-refractivity contribution in [1.29, 1.82) is 0 Å². The lowest BCUT2D eigenvalue weighted by atomic mass is 10.7. The minimum Gasteiger partial charge on any atom is -0.340 e. The van der Waals surface area contributed by atoms with E-state index in [1.165, 1.54) is 0 Å². The predicted octanol–water partition coefficient (Wildman–Crippen LogP) is 0.972. The molecule has 0 aromatic rings. The van der Waals surface area contributed by atoms with Crippen LogP contribution in [-0.2, 0) is 4.74 Å². The number of alkyl halides is 4. The van der Waals surface area contributed by atoms with Crippen molar-refractivity contribution in [2.45, 2.75) is 12.4 Å². The molecule has 0 bridgehead atoms. The summed E-state index contributed by atoms with van der Waals surface area (Å²) in [6.07, 6.45) is -5.20. The number of hydrogen-bond acceptors (Lipinski definition) is 2. The molecule has 0 spiro atoms. The van der Waals surface area contributed by atoms with Gasteiger partial charge in [0.25, 0.3) is 0 Å². The van der Waals surface area contributed by atoms with Crippen molar-refractivity contribution in [2.75, 3.05) is 0 Å². The molecule has 0 saturated heterocycles. The molecule has 1 N–H and O–H groups in total. The van der Waals surface area contributed by atoms with E-state index in [0.717, 1.165) is 0 Å². The van der Waals surface area contributed by atoms with Crippen molar-refractivity contribution in [3.8, 4) is 0 Å². The lowest BCUT2D eigenvalue weighted by Crippen LogP contribution is -2.30.